The summed E-state index contributed by atoms with van der Waals surface area (Å²) in [6.07, 6.45) is 0.0284. The van der Waals surface area contributed by atoms with Crippen LogP contribution >= 0.6 is 0 Å². The predicted octanol–water partition coefficient (Wildman–Crippen LogP) is 11.2. The molecule has 0 unspecified atom stereocenters. The van der Waals surface area contributed by atoms with Gasteiger partial charge < -0.3 is 4.74 Å². The number of ether oxygens (including phenoxy) is 1. The smallest absolute Gasteiger partial charge is 0.313 e. The SMILES string of the molecule is CCCCCc1ccc(-c2ccc(-c3cc(F)c(C(F)(F)OC4CCC(c5ccc(F)c(F)c5)CC4)c(F)c3)c(F)c2)cc1. The van der Waals surface area contributed by atoms with Gasteiger partial charge in [-0.2, -0.15) is 8.78 Å². The van der Waals surface area contributed by atoms with Crippen molar-refractivity contribution in [3.8, 4) is 22.3 Å². The Labute approximate surface area is 252 Å². The summed E-state index contributed by atoms with van der Waals surface area (Å²) in [5, 5.41) is 0. The summed E-state index contributed by atoms with van der Waals surface area (Å²) in [5.41, 5.74) is 1.19. The van der Waals surface area contributed by atoms with Crippen molar-refractivity contribution in [3.63, 3.8) is 0 Å². The third-order valence-corrected chi connectivity index (χ3v) is 8.37. The van der Waals surface area contributed by atoms with E-state index in [1.165, 1.54) is 23.8 Å². The summed E-state index contributed by atoms with van der Waals surface area (Å²) in [4.78, 5) is 0. The molecule has 1 aliphatic rings. The Balaban J connectivity index is 1.27. The van der Waals surface area contributed by atoms with Crippen LogP contribution in [0, 0.1) is 29.1 Å². The predicted molar refractivity (Wildman–Crippen MR) is 157 cm³/mol. The minimum absolute atomic E-state index is 0.130. The first-order chi connectivity index (χ1) is 21.1. The summed E-state index contributed by atoms with van der Waals surface area (Å²) >= 11 is 0. The van der Waals surface area contributed by atoms with Crippen LogP contribution in [-0.4, -0.2) is 6.10 Å². The van der Waals surface area contributed by atoms with Gasteiger partial charge in [0.25, 0.3) is 0 Å². The zero-order valence-electron chi connectivity index (χ0n) is 24.3. The van der Waals surface area contributed by atoms with Crippen molar-refractivity contribution in [2.75, 3.05) is 0 Å². The third-order valence-electron chi connectivity index (χ3n) is 8.37. The molecule has 0 radical (unpaired) electrons. The highest BCUT2D eigenvalue weighted by molar-refractivity contribution is 5.71. The minimum atomic E-state index is -4.28. The molecule has 4 aromatic carbocycles. The molecule has 0 spiro atoms. The third kappa shape index (κ3) is 7.17. The molecule has 8 heteroatoms. The van der Waals surface area contributed by atoms with Gasteiger partial charge in [0.05, 0.1) is 6.10 Å². The van der Waals surface area contributed by atoms with E-state index < -0.39 is 46.9 Å². The van der Waals surface area contributed by atoms with E-state index in [4.69, 9.17) is 4.74 Å². The molecule has 0 bridgehead atoms. The van der Waals surface area contributed by atoms with Crippen molar-refractivity contribution in [1.82, 2.24) is 0 Å². The molecule has 5 rings (SSSR count). The molecule has 44 heavy (non-hydrogen) atoms. The average Bonchev–Trinajstić information content (AvgIpc) is 2.98. The first kappa shape index (κ1) is 31.8. The number of hydrogen-bond donors (Lipinski definition) is 0. The maximum absolute atomic E-state index is 15.2. The monoisotopic (exact) mass is 614 g/mol. The van der Waals surface area contributed by atoms with Crippen LogP contribution < -0.4 is 0 Å². The molecule has 0 N–H and O–H groups in total. The van der Waals surface area contributed by atoms with Gasteiger partial charge >= 0.3 is 6.11 Å². The van der Waals surface area contributed by atoms with Gasteiger partial charge in [-0.25, -0.2) is 22.0 Å². The zero-order valence-corrected chi connectivity index (χ0v) is 24.3. The lowest BCUT2D eigenvalue weighted by Crippen LogP contribution is -2.31. The van der Waals surface area contributed by atoms with Gasteiger partial charge in [0.15, 0.2) is 11.6 Å². The quantitative estimate of drug-likeness (QED) is 0.128. The maximum atomic E-state index is 15.2. The topological polar surface area (TPSA) is 9.23 Å². The molecule has 1 fully saturated rings. The van der Waals surface area contributed by atoms with Crippen LogP contribution in [0.3, 0.4) is 0 Å². The van der Waals surface area contributed by atoms with E-state index in [1.807, 2.05) is 24.3 Å². The lowest BCUT2D eigenvalue weighted by atomic mass is 9.82. The standard InChI is InChI=1S/C36H33F7O/c1-2-3-4-5-22-6-8-23(9-7-22)25-12-16-29(31(38)18-25)27-20-33(40)35(34(41)21-27)36(42,43)44-28-14-10-24(11-15-28)26-13-17-30(37)32(39)19-26/h6-9,12-13,16-21,24,28H,2-5,10-11,14-15H2,1H3. The average molecular weight is 615 g/mol. The van der Waals surface area contributed by atoms with Gasteiger partial charge in [-0.15, -0.1) is 0 Å². The van der Waals surface area contributed by atoms with Crippen molar-refractivity contribution in [2.45, 2.75) is 76.4 Å². The minimum Gasteiger partial charge on any atom is -0.313 e. The maximum Gasteiger partial charge on any atom is 0.389 e. The van der Waals surface area contributed by atoms with E-state index in [0.717, 1.165) is 43.4 Å². The van der Waals surface area contributed by atoms with Crippen LogP contribution in [0.5, 0.6) is 0 Å². The number of unbranched alkanes of at least 4 members (excludes halogenated alkanes) is 2. The van der Waals surface area contributed by atoms with Crippen molar-refractivity contribution in [1.29, 1.82) is 0 Å². The summed E-state index contributed by atoms with van der Waals surface area (Å²) in [5.74, 6) is -5.99. The molecule has 232 valence electrons. The molecule has 0 heterocycles. The second kappa shape index (κ2) is 13.6. The molecule has 1 aliphatic carbocycles. The second-order valence-electron chi connectivity index (χ2n) is 11.4. The molecule has 0 aliphatic heterocycles. The van der Waals surface area contributed by atoms with Crippen LogP contribution in [0.1, 0.15) is 74.5 Å². The van der Waals surface area contributed by atoms with E-state index >= 15 is 22.0 Å². The molecule has 1 nitrogen and oxygen atoms in total. The second-order valence-corrected chi connectivity index (χ2v) is 11.4. The summed E-state index contributed by atoms with van der Waals surface area (Å²) in [6, 6.07) is 16.9. The number of benzene rings is 4. The summed E-state index contributed by atoms with van der Waals surface area (Å²) in [6.45, 7) is 2.14. The normalized spacial score (nSPS) is 17.2. The lowest BCUT2D eigenvalue weighted by molar-refractivity contribution is -0.280. The van der Waals surface area contributed by atoms with Crippen LogP contribution in [0.2, 0.25) is 0 Å². The highest BCUT2D eigenvalue weighted by Crippen LogP contribution is 2.42. The van der Waals surface area contributed by atoms with Gasteiger partial charge in [0.1, 0.15) is 23.0 Å². The fourth-order valence-corrected chi connectivity index (χ4v) is 5.93. The highest BCUT2D eigenvalue weighted by Gasteiger charge is 2.42. The Morgan fingerprint density at radius 2 is 1.27 bits per heavy atom. The van der Waals surface area contributed by atoms with Crippen molar-refractivity contribution in [2.24, 2.45) is 0 Å². The first-order valence-electron chi connectivity index (χ1n) is 14.9. The van der Waals surface area contributed by atoms with Gasteiger partial charge in [-0.3, -0.25) is 0 Å². The highest BCUT2D eigenvalue weighted by atomic mass is 19.3. The largest absolute Gasteiger partial charge is 0.389 e. The van der Waals surface area contributed by atoms with E-state index in [9.17, 15) is 8.78 Å². The number of hydrogen-bond acceptors (Lipinski definition) is 1. The van der Waals surface area contributed by atoms with E-state index in [-0.39, 0.29) is 29.9 Å². The number of halogens is 7. The number of alkyl halides is 2. The van der Waals surface area contributed by atoms with Crippen LogP contribution in [-0.2, 0) is 17.3 Å². The molecule has 0 amide bonds. The fraction of sp³-hybridized carbons (Fsp3) is 0.333. The molecule has 0 aromatic heterocycles. The van der Waals surface area contributed by atoms with Crippen molar-refractivity contribution < 1.29 is 35.5 Å². The fourth-order valence-electron chi connectivity index (χ4n) is 5.93. The summed E-state index contributed by atoms with van der Waals surface area (Å²) < 4.78 is 107. The van der Waals surface area contributed by atoms with E-state index in [0.29, 0.717) is 36.1 Å². The summed E-state index contributed by atoms with van der Waals surface area (Å²) in [7, 11) is 0. The Kier molecular flexibility index (Phi) is 9.78. The van der Waals surface area contributed by atoms with Crippen molar-refractivity contribution in [3.05, 3.63) is 119 Å². The van der Waals surface area contributed by atoms with Crippen LogP contribution in [0.4, 0.5) is 30.7 Å². The Morgan fingerprint density at radius 3 is 1.89 bits per heavy atom. The van der Waals surface area contributed by atoms with Gasteiger partial charge in [0, 0.05) is 5.56 Å². The zero-order chi connectivity index (χ0) is 31.4. The molecule has 0 atom stereocenters. The molecular formula is C36H33F7O. The Bertz CT molecular complexity index is 1570. The number of aryl methyl sites for hydroxylation is 1. The van der Waals surface area contributed by atoms with Gasteiger partial charge in [0.2, 0.25) is 0 Å². The van der Waals surface area contributed by atoms with Gasteiger partial charge in [-0.1, -0.05) is 62.2 Å². The Morgan fingerprint density at radius 1 is 0.636 bits per heavy atom. The molecular weight excluding hydrogens is 581 g/mol. The van der Waals surface area contributed by atoms with Crippen molar-refractivity contribution >= 4 is 0 Å². The molecule has 4 aromatic rings. The lowest BCUT2D eigenvalue weighted by Gasteiger charge is -2.31. The number of rotatable bonds is 10. The first-order valence-corrected chi connectivity index (χ1v) is 14.9. The van der Waals surface area contributed by atoms with E-state index in [1.54, 1.807) is 6.07 Å². The Hall–Kier alpha value is -3.65. The molecule has 0 saturated heterocycles. The van der Waals surface area contributed by atoms with E-state index in [2.05, 4.69) is 6.92 Å². The van der Waals surface area contributed by atoms with Crippen LogP contribution in [0.25, 0.3) is 22.3 Å². The van der Waals surface area contributed by atoms with Gasteiger partial charge in [-0.05, 0) is 103 Å². The molecule has 1 saturated carbocycles. The van der Waals surface area contributed by atoms with Crippen LogP contribution in [0.15, 0.2) is 72.8 Å².